The molecule has 0 aliphatic heterocycles. The molecule has 2 rings (SSSR count). The second kappa shape index (κ2) is 4.79. The number of aryl methyl sites for hydroxylation is 1. The van der Waals surface area contributed by atoms with Crippen molar-refractivity contribution in [1.29, 1.82) is 0 Å². The van der Waals surface area contributed by atoms with Crippen molar-refractivity contribution in [2.24, 2.45) is 0 Å². The molecule has 16 heavy (non-hydrogen) atoms. The molecule has 0 aliphatic carbocycles. The normalized spacial score (nSPS) is 10.4. The van der Waals surface area contributed by atoms with E-state index in [4.69, 9.17) is 4.74 Å². The van der Waals surface area contributed by atoms with Crippen LogP contribution in [0.2, 0.25) is 0 Å². The smallest absolute Gasteiger partial charge is 0.150 e. The highest BCUT2D eigenvalue weighted by molar-refractivity contribution is 5.36. The van der Waals surface area contributed by atoms with Crippen LogP contribution in [0.5, 0.6) is 5.75 Å². The van der Waals surface area contributed by atoms with Gasteiger partial charge in [0.05, 0.1) is 12.3 Å². The van der Waals surface area contributed by atoms with E-state index in [1.807, 2.05) is 38.1 Å². The van der Waals surface area contributed by atoms with Crippen LogP contribution in [0, 0.1) is 0 Å². The number of hydrogen-bond donors (Lipinski definition) is 0. The van der Waals surface area contributed by atoms with Crippen molar-refractivity contribution in [2.45, 2.75) is 20.3 Å². The lowest BCUT2D eigenvalue weighted by atomic mass is 10.3. The highest BCUT2D eigenvalue weighted by Gasteiger charge is 2.01. The first-order chi connectivity index (χ1) is 7.83. The predicted molar refractivity (Wildman–Crippen MR) is 61.9 cm³/mol. The zero-order chi connectivity index (χ0) is 11.4. The van der Waals surface area contributed by atoms with Crippen LogP contribution < -0.4 is 4.74 Å². The SMILES string of the molecule is CCOc1ccc(-n2cnc(CC)n2)cc1. The number of benzene rings is 1. The molecule has 1 aromatic carbocycles. The molecule has 0 fully saturated rings. The molecule has 0 aliphatic rings. The summed E-state index contributed by atoms with van der Waals surface area (Å²) in [7, 11) is 0. The Kier molecular flexibility index (Phi) is 3.19. The van der Waals surface area contributed by atoms with Crippen LogP contribution in [0.25, 0.3) is 5.69 Å². The quantitative estimate of drug-likeness (QED) is 0.788. The van der Waals surface area contributed by atoms with Crippen LogP contribution in [0.1, 0.15) is 19.7 Å². The monoisotopic (exact) mass is 217 g/mol. The number of aromatic nitrogens is 3. The van der Waals surface area contributed by atoms with E-state index in [-0.39, 0.29) is 0 Å². The van der Waals surface area contributed by atoms with Crippen molar-refractivity contribution < 1.29 is 4.74 Å². The fourth-order valence-corrected chi connectivity index (χ4v) is 1.45. The standard InChI is InChI=1S/C12H15N3O/c1-3-12-13-9-15(14-12)10-5-7-11(8-6-10)16-4-2/h5-9H,3-4H2,1-2H3. The van der Waals surface area contributed by atoms with Gasteiger partial charge in [-0.1, -0.05) is 6.92 Å². The largest absolute Gasteiger partial charge is 0.494 e. The third-order valence-electron chi connectivity index (χ3n) is 2.27. The van der Waals surface area contributed by atoms with Crippen molar-refractivity contribution >= 4 is 0 Å². The molecular formula is C12H15N3O. The van der Waals surface area contributed by atoms with Crippen LogP contribution in [0.4, 0.5) is 0 Å². The van der Waals surface area contributed by atoms with Gasteiger partial charge >= 0.3 is 0 Å². The maximum Gasteiger partial charge on any atom is 0.150 e. The van der Waals surface area contributed by atoms with Gasteiger partial charge in [0.1, 0.15) is 12.1 Å². The Balaban J connectivity index is 2.20. The summed E-state index contributed by atoms with van der Waals surface area (Å²) >= 11 is 0. The van der Waals surface area contributed by atoms with Crippen LogP contribution in [0.3, 0.4) is 0 Å². The van der Waals surface area contributed by atoms with Crippen molar-refractivity contribution in [3.63, 3.8) is 0 Å². The van der Waals surface area contributed by atoms with E-state index in [1.165, 1.54) is 0 Å². The molecule has 0 atom stereocenters. The molecule has 4 heteroatoms. The molecule has 0 unspecified atom stereocenters. The molecule has 0 radical (unpaired) electrons. The molecule has 0 saturated heterocycles. The van der Waals surface area contributed by atoms with Crippen LogP contribution >= 0.6 is 0 Å². The summed E-state index contributed by atoms with van der Waals surface area (Å²) in [4.78, 5) is 4.19. The summed E-state index contributed by atoms with van der Waals surface area (Å²) in [5.41, 5.74) is 0.996. The number of ether oxygens (including phenoxy) is 1. The van der Waals surface area contributed by atoms with Gasteiger partial charge in [0, 0.05) is 6.42 Å². The molecule has 0 amide bonds. The lowest BCUT2D eigenvalue weighted by Gasteiger charge is -2.04. The van der Waals surface area contributed by atoms with Crippen molar-refractivity contribution in [1.82, 2.24) is 14.8 Å². The van der Waals surface area contributed by atoms with Crippen molar-refractivity contribution in [3.8, 4) is 11.4 Å². The number of nitrogens with zero attached hydrogens (tertiary/aromatic N) is 3. The van der Waals surface area contributed by atoms with Gasteiger partial charge in [-0.2, -0.15) is 5.10 Å². The maximum absolute atomic E-state index is 5.38. The Labute approximate surface area is 94.9 Å². The van der Waals surface area contributed by atoms with Gasteiger partial charge < -0.3 is 4.74 Å². The molecule has 1 heterocycles. The highest BCUT2D eigenvalue weighted by Crippen LogP contribution is 2.14. The fourth-order valence-electron chi connectivity index (χ4n) is 1.45. The van der Waals surface area contributed by atoms with Crippen LogP contribution in [-0.2, 0) is 6.42 Å². The van der Waals surface area contributed by atoms with Gasteiger partial charge in [0.25, 0.3) is 0 Å². The third kappa shape index (κ3) is 2.21. The Hall–Kier alpha value is -1.84. The third-order valence-corrected chi connectivity index (χ3v) is 2.27. The first-order valence-electron chi connectivity index (χ1n) is 5.47. The predicted octanol–water partition coefficient (Wildman–Crippen LogP) is 2.23. The van der Waals surface area contributed by atoms with Crippen LogP contribution in [-0.4, -0.2) is 21.4 Å². The summed E-state index contributed by atoms with van der Waals surface area (Å²) < 4.78 is 7.15. The van der Waals surface area contributed by atoms with Gasteiger partial charge in [-0.05, 0) is 31.2 Å². The number of hydrogen-bond acceptors (Lipinski definition) is 3. The molecule has 2 aromatic rings. The van der Waals surface area contributed by atoms with E-state index < -0.39 is 0 Å². The molecule has 0 N–H and O–H groups in total. The first kappa shape index (κ1) is 10.7. The maximum atomic E-state index is 5.38. The Morgan fingerprint density at radius 3 is 2.50 bits per heavy atom. The van der Waals surface area contributed by atoms with Crippen molar-refractivity contribution in [3.05, 3.63) is 36.4 Å². The second-order valence-electron chi connectivity index (χ2n) is 3.39. The summed E-state index contributed by atoms with van der Waals surface area (Å²) in [6.07, 6.45) is 2.58. The topological polar surface area (TPSA) is 39.9 Å². The highest BCUT2D eigenvalue weighted by atomic mass is 16.5. The lowest BCUT2D eigenvalue weighted by molar-refractivity contribution is 0.340. The summed E-state index contributed by atoms with van der Waals surface area (Å²) in [6.45, 7) is 4.69. The molecule has 84 valence electrons. The molecule has 4 nitrogen and oxygen atoms in total. The van der Waals surface area contributed by atoms with Gasteiger partial charge in [-0.25, -0.2) is 9.67 Å². The Morgan fingerprint density at radius 1 is 1.19 bits per heavy atom. The summed E-state index contributed by atoms with van der Waals surface area (Å²) in [5.74, 6) is 1.73. The molecule has 1 aromatic heterocycles. The molecule has 0 saturated carbocycles. The van der Waals surface area contributed by atoms with Crippen molar-refractivity contribution in [2.75, 3.05) is 6.61 Å². The Morgan fingerprint density at radius 2 is 1.94 bits per heavy atom. The zero-order valence-electron chi connectivity index (χ0n) is 9.55. The zero-order valence-corrected chi connectivity index (χ0v) is 9.55. The van der Waals surface area contributed by atoms with E-state index in [9.17, 15) is 0 Å². The summed E-state index contributed by atoms with van der Waals surface area (Å²) in [6, 6.07) is 7.82. The van der Waals surface area contributed by atoms with Gasteiger partial charge in [0.2, 0.25) is 0 Å². The first-order valence-corrected chi connectivity index (χ1v) is 5.47. The minimum Gasteiger partial charge on any atom is -0.494 e. The molecule has 0 spiro atoms. The number of rotatable bonds is 4. The Bertz CT molecular complexity index is 448. The van der Waals surface area contributed by atoms with E-state index in [0.29, 0.717) is 6.61 Å². The fraction of sp³-hybridized carbons (Fsp3) is 0.333. The summed E-state index contributed by atoms with van der Waals surface area (Å²) in [5, 5.41) is 4.34. The molecule has 0 bridgehead atoms. The minimum atomic E-state index is 0.683. The average Bonchev–Trinajstić information content (AvgIpc) is 2.79. The minimum absolute atomic E-state index is 0.683. The lowest BCUT2D eigenvalue weighted by Crippen LogP contribution is -1.96. The van der Waals surface area contributed by atoms with E-state index >= 15 is 0 Å². The van der Waals surface area contributed by atoms with E-state index in [1.54, 1.807) is 11.0 Å². The van der Waals surface area contributed by atoms with Crippen LogP contribution in [0.15, 0.2) is 30.6 Å². The van der Waals surface area contributed by atoms with Gasteiger partial charge in [0.15, 0.2) is 5.82 Å². The van der Waals surface area contributed by atoms with E-state index in [2.05, 4.69) is 10.1 Å². The van der Waals surface area contributed by atoms with E-state index in [0.717, 1.165) is 23.7 Å². The second-order valence-corrected chi connectivity index (χ2v) is 3.39. The molecular weight excluding hydrogens is 202 g/mol. The average molecular weight is 217 g/mol. The van der Waals surface area contributed by atoms with Gasteiger partial charge in [-0.15, -0.1) is 0 Å². The van der Waals surface area contributed by atoms with Gasteiger partial charge in [-0.3, -0.25) is 0 Å².